The lowest BCUT2D eigenvalue weighted by Crippen LogP contribution is -2.41. The van der Waals surface area contributed by atoms with Crippen LogP contribution in [0.4, 0.5) is 5.82 Å². The summed E-state index contributed by atoms with van der Waals surface area (Å²) >= 11 is 0. The molecule has 2 unspecified atom stereocenters. The zero-order chi connectivity index (χ0) is 13.1. The van der Waals surface area contributed by atoms with Gasteiger partial charge in [0.1, 0.15) is 18.1 Å². The minimum absolute atomic E-state index is 0.179. The number of aliphatic carboxylic acids is 1. The van der Waals surface area contributed by atoms with E-state index in [9.17, 15) is 4.79 Å². The summed E-state index contributed by atoms with van der Waals surface area (Å²) in [6.07, 6.45) is 2.34. The van der Waals surface area contributed by atoms with E-state index in [0.717, 1.165) is 17.9 Å². The Morgan fingerprint density at radius 1 is 1.56 bits per heavy atom. The molecule has 6 heteroatoms. The zero-order valence-electron chi connectivity index (χ0n) is 10.5. The van der Waals surface area contributed by atoms with Gasteiger partial charge in [-0.1, -0.05) is 6.92 Å². The lowest BCUT2D eigenvalue weighted by molar-refractivity contribution is -0.141. The molecule has 0 aromatic carbocycles. The second-order valence-corrected chi connectivity index (χ2v) is 4.38. The van der Waals surface area contributed by atoms with Crippen LogP contribution in [-0.2, 0) is 16.0 Å². The third kappa shape index (κ3) is 2.43. The maximum atomic E-state index is 11.1. The fourth-order valence-corrected chi connectivity index (χ4v) is 2.10. The van der Waals surface area contributed by atoms with Crippen LogP contribution in [0.15, 0.2) is 12.4 Å². The molecule has 98 valence electrons. The fourth-order valence-electron chi connectivity index (χ4n) is 2.10. The van der Waals surface area contributed by atoms with Crippen LogP contribution in [0.1, 0.15) is 12.6 Å². The number of carboxylic acid groups (broad SMARTS) is 1. The number of nitrogens with zero attached hydrogens (tertiary/aromatic N) is 3. The van der Waals surface area contributed by atoms with Crippen LogP contribution in [0.5, 0.6) is 0 Å². The fraction of sp³-hybridized carbons (Fsp3) is 0.583. The van der Waals surface area contributed by atoms with Gasteiger partial charge in [-0.3, -0.25) is 4.79 Å². The highest BCUT2D eigenvalue weighted by atomic mass is 16.5. The van der Waals surface area contributed by atoms with Gasteiger partial charge in [-0.25, -0.2) is 9.97 Å². The van der Waals surface area contributed by atoms with E-state index in [1.807, 2.05) is 24.9 Å². The third-order valence-corrected chi connectivity index (χ3v) is 3.30. The summed E-state index contributed by atoms with van der Waals surface area (Å²) in [5, 5.41) is 9.14. The van der Waals surface area contributed by atoms with E-state index >= 15 is 0 Å². The Bertz CT molecular complexity index is 438. The molecule has 0 bridgehead atoms. The molecule has 0 radical (unpaired) electrons. The Labute approximate surface area is 106 Å². The molecule has 2 heterocycles. The van der Waals surface area contributed by atoms with Gasteiger partial charge in [-0.2, -0.15) is 0 Å². The highest BCUT2D eigenvalue weighted by molar-refractivity contribution is 5.72. The van der Waals surface area contributed by atoms with Crippen molar-refractivity contribution in [2.24, 2.45) is 5.92 Å². The van der Waals surface area contributed by atoms with Crippen LogP contribution in [0.3, 0.4) is 0 Å². The molecular weight excluding hydrogens is 234 g/mol. The highest BCUT2D eigenvalue weighted by Crippen LogP contribution is 2.23. The predicted octanol–water partition coefficient (Wildman–Crippen LogP) is 0.575. The van der Waals surface area contributed by atoms with E-state index in [1.165, 1.54) is 6.33 Å². The number of carboxylic acids is 1. The maximum absolute atomic E-state index is 11.1. The summed E-state index contributed by atoms with van der Waals surface area (Å²) in [6, 6.07) is 1.71. The summed E-state index contributed by atoms with van der Waals surface area (Å²) in [7, 11) is 1.84. The van der Waals surface area contributed by atoms with E-state index in [-0.39, 0.29) is 12.6 Å². The van der Waals surface area contributed by atoms with Gasteiger partial charge < -0.3 is 14.7 Å². The SMILES string of the molecule is CCc1cc(N(C)C2COCC2C(=O)O)ncn1. The van der Waals surface area contributed by atoms with Crippen molar-refractivity contribution in [1.82, 2.24) is 9.97 Å². The largest absolute Gasteiger partial charge is 0.481 e. The number of aryl methyl sites for hydroxylation is 1. The molecule has 18 heavy (non-hydrogen) atoms. The molecule has 0 saturated carbocycles. The van der Waals surface area contributed by atoms with Crippen LogP contribution in [-0.4, -0.2) is 47.3 Å². The van der Waals surface area contributed by atoms with E-state index in [4.69, 9.17) is 9.84 Å². The first kappa shape index (κ1) is 12.8. The van der Waals surface area contributed by atoms with E-state index in [0.29, 0.717) is 6.61 Å². The zero-order valence-corrected chi connectivity index (χ0v) is 10.5. The number of carbonyl (C=O) groups is 1. The molecule has 0 aliphatic carbocycles. The van der Waals surface area contributed by atoms with E-state index in [1.54, 1.807) is 0 Å². The summed E-state index contributed by atoms with van der Waals surface area (Å²) in [5.74, 6) is -0.590. The van der Waals surface area contributed by atoms with E-state index in [2.05, 4.69) is 9.97 Å². The number of aromatic nitrogens is 2. The van der Waals surface area contributed by atoms with Gasteiger partial charge in [0.05, 0.1) is 19.3 Å². The Balaban J connectivity index is 2.19. The second kappa shape index (κ2) is 5.30. The van der Waals surface area contributed by atoms with Gasteiger partial charge in [0.2, 0.25) is 0 Å². The molecule has 0 amide bonds. The molecule has 1 aromatic rings. The topological polar surface area (TPSA) is 75.5 Å². The molecular formula is C12H17N3O3. The molecule has 1 aromatic heterocycles. The van der Waals surface area contributed by atoms with Crippen molar-refractivity contribution in [1.29, 1.82) is 0 Å². The Kier molecular flexibility index (Phi) is 3.76. The van der Waals surface area contributed by atoms with Crippen molar-refractivity contribution in [3.8, 4) is 0 Å². The van der Waals surface area contributed by atoms with Gasteiger partial charge in [0.25, 0.3) is 0 Å². The molecule has 1 fully saturated rings. The number of hydrogen-bond donors (Lipinski definition) is 1. The van der Waals surface area contributed by atoms with Gasteiger partial charge in [-0.05, 0) is 6.42 Å². The van der Waals surface area contributed by atoms with Crippen molar-refractivity contribution >= 4 is 11.8 Å². The van der Waals surface area contributed by atoms with Crippen LogP contribution < -0.4 is 4.90 Å². The monoisotopic (exact) mass is 251 g/mol. The number of hydrogen-bond acceptors (Lipinski definition) is 5. The standard InChI is InChI=1S/C12H17N3O3/c1-3-8-4-11(14-7-13-8)15(2)10-6-18-5-9(10)12(16)17/h4,7,9-10H,3,5-6H2,1-2H3,(H,16,17). The summed E-state index contributed by atoms with van der Waals surface area (Å²) in [6.45, 7) is 2.69. The maximum Gasteiger partial charge on any atom is 0.311 e. The van der Waals surface area contributed by atoms with Crippen molar-refractivity contribution in [3.63, 3.8) is 0 Å². The second-order valence-electron chi connectivity index (χ2n) is 4.38. The van der Waals surface area contributed by atoms with Gasteiger partial charge in [0, 0.05) is 18.8 Å². The number of anilines is 1. The molecule has 1 aliphatic heterocycles. The Morgan fingerprint density at radius 2 is 2.33 bits per heavy atom. The van der Waals surface area contributed by atoms with Gasteiger partial charge in [0.15, 0.2) is 0 Å². The Morgan fingerprint density at radius 3 is 3.00 bits per heavy atom. The molecule has 2 atom stereocenters. The van der Waals surface area contributed by atoms with Gasteiger partial charge in [-0.15, -0.1) is 0 Å². The predicted molar refractivity (Wildman–Crippen MR) is 65.5 cm³/mol. The average molecular weight is 251 g/mol. The minimum Gasteiger partial charge on any atom is -0.481 e. The summed E-state index contributed by atoms with van der Waals surface area (Å²) in [4.78, 5) is 21.3. The van der Waals surface area contributed by atoms with E-state index < -0.39 is 11.9 Å². The molecule has 1 aliphatic rings. The van der Waals surface area contributed by atoms with Crippen LogP contribution in [0.2, 0.25) is 0 Å². The summed E-state index contributed by atoms with van der Waals surface area (Å²) in [5.41, 5.74) is 0.942. The Hall–Kier alpha value is -1.69. The molecule has 0 spiro atoms. The van der Waals surface area contributed by atoms with Crippen LogP contribution >= 0.6 is 0 Å². The smallest absolute Gasteiger partial charge is 0.311 e. The minimum atomic E-state index is -0.825. The number of rotatable bonds is 4. The van der Waals surface area contributed by atoms with Crippen LogP contribution in [0, 0.1) is 5.92 Å². The normalized spacial score (nSPS) is 23.0. The van der Waals surface area contributed by atoms with Crippen molar-refractivity contribution in [2.45, 2.75) is 19.4 Å². The molecule has 1 N–H and O–H groups in total. The number of ether oxygens (including phenoxy) is 1. The van der Waals surface area contributed by atoms with Crippen molar-refractivity contribution < 1.29 is 14.6 Å². The number of likely N-dealkylation sites (N-methyl/N-ethyl adjacent to an activating group) is 1. The first-order chi connectivity index (χ1) is 8.63. The van der Waals surface area contributed by atoms with Gasteiger partial charge >= 0.3 is 5.97 Å². The quantitative estimate of drug-likeness (QED) is 0.843. The molecule has 6 nitrogen and oxygen atoms in total. The highest BCUT2D eigenvalue weighted by Gasteiger charge is 2.37. The van der Waals surface area contributed by atoms with Crippen molar-refractivity contribution in [2.75, 3.05) is 25.2 Å². The van der Waals surface area contributed by atoms with Crippen molar-refractivity contribution in [3.05, 3.63) is 18.1 Å². The van der Waals surface area contributed by atoms with Crippen LogP contribution in [0.25, 0.3) is 0 Å². The summed E-state index contributed by atoms with van der Waals surface area (Å²) < 4.78 is 5.26. The average Bonchev–Trinajstić information content (AvgIpc) is 2.87. The third-order valence-electron chi connectivity index (χ3n) is 3.30. The lowest BCUT2D eigenvalue weighted by Gasteiger charge is -2.27. The first-order valence-corrected chi connectivity index (χ1v) is 5.97. The first-order valence-electron chi connectivity index (χ1n) is 5.97. The molecule has 1 saturated heterocycles. The lowest BCUT2D eigenvalue weighted by atomic mass is 10.0. The molecule has 2 rings (SSSR count).